The molecule has 6 nitrogen and oxygen atoms in total. The van der Waals surface area contributed by atoms with E-state index in [9.17, 15) is 4.79 Å². The number of carbonyl (C=O) groups is 1. The lowest BCUT2D eigenvalue weighted by Crippen LogP contribution is -2.48. The maximum atomic E-state index is 12.9. The van der Waals surface area contributed by atoms with Crippen LogP contribution in [0, 0.1) is 13.8 Å². The number of hydrogen-bond acceptors (Lipinski definition) is 5. The van der Waals surface area contributed by atoms with Gasteiger partial charge in [0, 0.05) is 56.1 Å². The maximum Gasteiger partial charge on any atom is 0.222 e. The Balaban J connectivity index is 1.16. The van der Waals surface area contributed by atoms with E-state index in [-0.39, 0.29) is 5.91 Å². The fraction of sp³-hybridized carbons (Fsp3) is 0.323. The van der Waals surface area contributed by atoms with Crippen molar-refractivity contribution in [1.82, 2.24) is 24.6 Å². The minimum absolute atomic E-state index is 0.255. The van der Waals surface area contributed by atoms with Crippen LogP contribution in [0.25, 0.3) is 17.1 Å². The highest BCUT2D eigenvalue weighted by atomic mass is 32.2. The summed E-state index contributed by atoms with van der Waals surface area (Å²) in [6.07, 6.45) is 1.38. The van der Waals surface area contributed by atoms with Gasteiger partial charge in [-0.2, -0.15) is 0 Å². The summed E-state index contributed by atoms with van der Waals surface area (Å²) in [5, 5.41) is 9.94. The molecule has 1 amide bonds. The molecule has 0 radical (unpaired) electrons. The van der Waals surface area contributed by atoms with Crippen LogP contribution in [0.1, 0.15) is 29.5 Å². The van der Waals surface area contributed by atoms with Crippen molar-refractivity contribution in [1.29, 1.82) is 0 Å². The zero-order valence-corrected chi connectivity index (χ0v) is 23.0. The quantitative estimate of drug-likeness (QED) is 0.205. The molecular formula is C31H35N5OS. The Morgan fingerprint density at radius 3 is 2.16 bits per heavy atom. The van der Waals surface area contributed by atoms with E-state index in [1.807, 2.05) is 11.0 Å². The van der Waals surface area contributed by atoms with Crippen molar-refractivity contribution in [2.75, 3.05) is 31.9 Å². The SMILES string of the molecule is Cc1ccc(-c2nnc(SCCCC(=O)N3CCN(Cc4ccccc4)CC3)n2-c2ccc(C)cc2)cc1. The van der Waals surface area contributed by atoms with Crippen LogP contribution in [-0.2, 0) is 11.3 Å². The Kier molecular flexibility index (Phi) is 8.56. The first kappa shape index (κ1) is 26.2. The number of piperazine rings is 1. The van der Waals surface area contributed by atoms with E-state index in [2.05, 4.69) is 106 Å². The molecule has 0 atom stereocenters. The van der Waals surface area contributed by atoms with E-state index >= 15 is 0 Å². The van der Waals surface area contributed by atoms with Gasteiger partial charge in [-0.05, 0) is 38.0 Å². The molecule has 7 heteroatoms. The summed E-state index contributed by atoms with van der Waals surface area (Å²) in [5.41, 5.74) is 5.84. The lowest BCUT2D eigenvalue weighted by Gasteiger charge is -2.34. The smallest absolute Gasteiger partial charge is 0.222 e. The highest BCUT2D eigenvalue weighted by molar-refractivity contribution is 7.99. The van der Waals surface area contributed by atoms with E-state index in [1.165, 1.54) is 16.7 Å². The summed E-state index contributed by atoms with van der Waals surface area (Å²) in [5.74, 6) is 1.91. The summed E-state index contributed by atoms with van der Waals surface area (Å²) in [4.78, 5) is 17.3. The number of rotatable bonds is 9. The van der Waals surface area contributed by atoms with E-state index in [1.54, 1.807) is 11.8 Å². The molecule has 0 bridgehead atoms. The molecule has 0 unspecified atom stereocenters. The number of nitrogens with zero attached hydrogens (tertiary/aromatic N) is 5. The Morgan fingerprint density at radius 2 is 1.47 bits per heavy atom. The van der Waals surface area contributed by atoms with Crippen LogP contribution in [0.4, 0.5) is 0 Å². The standard InChI is InChI=1S/C31H35N5OS/c1-24-10-14-27(15-11-24)30-32-33-31(36(30)28-16-12-25(2)13-17-28)38-22-6-9-29(37)35-20-18-34(19-21-35)23-26-7-4-3-5-8-26/h3-5,7-8,10-17H,6,9,18-23H2,1-2H3. The Labute approximate surface area is 229 Å². The molecule has 1 aliphatic heterocycles. The molecule has 0 N–H and O–H groups in total. The van der Waals surface area contributed by atoms with Crippen molar-refractivity contribution < 1.29 is 4.79 Å². The Hall–Kier alpha value is -3.42. The summed E-state index contributed by atoms with van der Waals surface area (Å²) in [6.45, 7) is 8.59. The molecule has 2 heterocycles. The zero-order valence-electron chi connectivity index (χ0n) is 22.2. The van der Waals surface area contributed by atoms with Gasteiger partial charge >= 0.3 is 0 Å². The summed E-state index contributed by atoms with van der Waals surface area (Å²) in [6, 6.07) is 27.4. The second-order valence-corrected chi connectivity index (χ2v) is 11.0. The van der Waals surface area contributed by atoms with Crippen LogP contribution in [0.2, 0.25) is 0 Å². The Bertz CT molecular complexity index is 1330. The van der Waals surface area contributed by atoms with E-state index in [0.717, 1.165) is 67.1 Å². The summed E-state index contributed by atoms with van der Waals surface area (Å²) in [7, 11) is 0. The van der Waals surface area contributed by atoms with Gasteiger partial charge in [-0.3, -0.25) is 14.3 Å². The normalized spacial score (nSPS) is 14.1. The number of hydrogen-bond donors (Lipinski definition) is 0. The molecule has 38 heavy (non-hydrogen) atoms. The third-order valence-corrected chi connectivity index (χ3v) is 7.99. The number of carbonyl (C=O) groups excluding carboxylic acids is 1. The largest absolute Gasteiger partial charge is 0.340 e. The average Bonchev–Trinajstić information content (AvgIpc) is 3.36. The lowest BCUT2D eigenvalue weighted by molar-refractivity contribution is -0.133. The monoisotopic (exact) mass is 525 g/mol. The van der Waals surface area contributed by atoms with Gasteiger partial charge in [-0.25, -0.2) is 0 Å². The van der Waals surface area contributed by atoms with Gasteiger partial charge in [-0.1, -0.05) is 89.6 Å². The van der Waals surface area contributed by atoms with Crippen LogP contribution in [-0.4, -0.2) is 62.4 Å². The molecule has 4 aromatic rings. The van der Waals surface area contributed by atoms with Crippen molar-refractivity contribution >= 4 is 17.7 Å². The first-order chi connectivity index (χ1) is 18.6. The first-order valence-electron chi connectivity index (χ1n) is 13.3. The van der Waals surface area contributed by atoms with Crippen LogP contribution < -0.4 is 0 Å². The summed E-state index contributed by atoms with van der Waals surface area (Å²) >= 11 is 1.67. The van der Waals surface area contributed by atoms with Crippen LogP contribution >= 0.6 is 11.8 Å². The molecule has 1 fully saturated rings. The molecule has 0 saturated carbocycles. The molecule has 1 saturated heterocycles. The van der Waals surface area contributed by atoms with Crippen molar-refractivity contribution in [2.24, 2.45) is 0 Å². The number of thioether (sulfide) groups is 1. The van der Waals surface area contributed by atoms with E-state index in [0.29, 0.717) is 6.42 Å². The number of amides is 1. The van der Waals surface area contributed by atoms with Gasteiger partial charge in [0.1, 0.15) is 0 Å². The highest BCUT2D eigenvalue weighted by Gasteiger charge is 2.21. The van der Waals surface area contributed by atoms with E-state index in [4.69, 9.17) is 0 Å². The number of aromatic nitrogens is 3. The fourth-order valence-electron chi connectivity index (χ4n) is 4.72. The van der Waals surface area contributed by atoms with Gasteiger partial charge in [0.2, 0.25) is 5.91 Å². The molecule has 0 aliphatic carbocycles. The Morgan fingerprint density at radius 1 is 0.816 bits per heavy atom. The van der Waals surface area contributed by atoms with Gasteiger partial charge in [0.15, 0.2) is 11.0 Å². The molecule has 1 aliphatic rings. The zero-order chi connectivity index (χ0) is 26.3. The molecule has 0 spiro atoms. The van der Waals surface area contributed by atoms with Crippen LogP contribution in [0.3, 0.4) is 0 Å². The van der Waals surface area contributed by atoms with Crippen molar-refractivity contribution in [3.8, 4) is 17.1 Å². The minimum atomic E-state index is 0.255. The predicted octanol–water partition coefficient (Wildman–Crippen LogP) is 5.77. The van der Waals surface area contributed by atoms with Gasteiger partial charge in [-0.15, -0.1) is 10.2 Å². The van der Waals surface area contributed by atoms with Crippen molar-refractivity contribution in [2.45, 2.75) is 38.4 Å². The van der Waals surface area contributed by atoms with Gasteiger partial charge < -0.3 is 4.90 Å². The third kappa shape index (κ3) is 6.52. The van der Waals surface area contributed by atoms with Crippen molar-refractivity contribution in [3.63, 3.8) is 0 Å². The molecule has 5 rings (SSSR count). The molecular weight excluding hydrogens is 490 g/mol. The second kappa shape index (κ2) is 12.4. The molecule has 1 aromatic heterocycles. The molecule has 196 valence electrons. The lowest BCUT2D eigenvalue weighted by atomic mass is 10.1. The maximum absolute atomic E-state index is 12.9. The van der Waals surface area contributed by atoms with Gasteiger partial charge in [0.05, 0.1) is 0 Å². The second-order valence-electron chi connectivity index (χ2n) is 9.94. The van der Waals surface area contributed by atoms with E-state index < -0.39 is 0 Å². The molecule has 3 aromatic carbocycles. The predicted molar refractivity (Wildman–Crippen MR) is 155 cm³/mol. The van der Waals surface area contributed by atoms with Crippen LogP contribution in [0.5, 0.6) is 0 Å². The van der Waals surface area contributed by atoms with Crippen molar-refractivity contribution in [3.05, 3.63) is 95.6 Å². The topological polar surface area (TPSA) is 54.3 Å². The summed E-state index contributed by atoms with van der Waals surface area (Å²) < 4.78 is 2.13. The minimum Gasteiger partial charge on any atom is -0.340 e. The van der Waals surface area contributed by atoms with Crippen LogP contribution in [0.15, 0.2) is 84.0 Å². The number of benzene rings is 3. The first-order valence-corrected chi connectivity index (χ1v) is 14.3. The average molecular weight is 526 g/mol. The van der Waals surface area contributed by atoms with Gasteiger partial charge in [0.25, 0.3) is 0 Å². The highest BCUT2D eigenvalue weighted by Crippen LogP contribution is 2.29. The fourth-order valence-corrected chi connectivity index (χ4v) is 5.61. The third-order valence-electron chi connectivity index (χ3n) is 6.98. The number of aryl methyl sites for hydroxylation is 2.